The van der Waals surface area contributed by atoms with Gasteiger partial charge in [0, 0.05) is 17.9 Å². The zero-order chi connectivity index (χ0) is 11.4. The molecule has 5 heteroatoms. The molecule has 84 valence electrons. The molecule has 0 bridgehead atoms. The van der Waals surface area contributed by atoms with Crippen LogP contribution in [0.2, 0.25) is 0 Å². The molecule has 1 rings (SSSR count). The van der Waals surface area contributed by atoms with E-state index in [0.29, 0.717) is 18.2 Å². The molecule has 0 fully saturated rings. The van der Waals surface area contributed by atoms with Crippen LogP contribution in [-0.2, 0) is 4.74 Å². The predicted molar refractivity (Wildman–Crippen MR) is 59.4 cm³/mol. The fraction of sp³-hybridized carbons (Fsp3) is 0.600. The molecule has 0 aromatic carbocycles. The van der Waals surface area contributed by atoms with Crippen LogP contribution in [0.5, 0.6) is 0 Å². The van der Waals surface area contributed by atoms with Gasteiger partial charge in [-0.3, -0.25) is 0 Å². The summed E-state index contributed by atoms with van der Waals surface area (Å²) in [6, 6.07) is 0. The summed E-state index contributed by atoms with van der Waals surface area (Å²) in [5.41, 5.74) is 4.45. The van der Waals surface area contributed by atoms with Gasteiger partial charge in [0.05, 0.1) is 0 Å². The minimum absolute atomic E-state index is 0.110. The van der Waals surface area contributed by atoms with Crippen molar-refractivity contribution in [2.24, 2.45) is 5.84 Å². The zero-order valence-corrected chi connectivity index (χ0v) is 9.66. The van der Waals surface area contributed by atoms with E-state index in [1.165, 1.54) is 0 Å². The number of hydrogen-bond donors (Lipinski definition) is 2. The summed E-state index contributed by atoms with van der Waals surface area (Å²) in [6.45, 7) is 8.37. The van der Waals surface area contributed by atoms with Gasteiger partial charge in [0.25, 0.3) is 0 Å². The maximum Gasteiger partial charge on any atom is 0.159 e. The van der Waals surface area contributed by atoms with Crippen LogP contribution in [0.3, 0.4) is 0 Å². The van der Waals surface area contributed by atoms with Crippen LogP contribution in [0.4, 0.5) is 5.82 Å². The van der Waals surface area contributed by atoms with Gasteiger partial charge in [0.1, 0.15) is 11.9 Å². The van der Waals surface area contributed by atoms with Gasteiger partial charge in [0.2, 0.25) is 0 Å². The van der Waals surface area contributed by atoms with Crippen LogP contribution in [0.15, 0.2) is 0 Å². The van der Waals surface area contributed by atoms with Gasteiger partial charge in [-0.2, -0.15) is 0 Å². The van der Waals surface area contributed by atoms with Crippen LogP contribution in [-0.4, -0.2) is 16.6 Å². The number of ether oxygens (including phenoxy) is 1. The SMILES string of the molecule is CCOC(C)c1nc(C)c(C)c(NN)n1. The van der Waals surface area contributed by atoms with Crippen molar-refractivity contribution in [2.45, 2.75) is 33.8 Å². The van der Waals surface area contributed by atoms with E-state index in [1.807, 2.05) is 27.7 Å². The molecule has 1 atom stereocenters. The van der Waals surface area contributed by atoms with Crippen molar-refractivity contribution in [1.29, 1.82) is 0 Å². The first-order chi connectivity index (χ1) is 7.10. The highest BCUT2D eigenvalue weighted by Gasteiger charge is 2.12. The van der Waals surface area contributed by atoms with Crippen molar-refractivity contribution in [3.05, 3.63) is 17.1 Å². The van der Waals surface area contributed by atoms with Gasteiger partial charge < -0.3 is 10.2 Å². The van der Waals surface area contributed by atoms with Gasteiger partial charge >= 0.3 is 0 Å². The maximum atomic E-state index is 5.43. The van der Waals surface area contributed by atoms with Crippen molar-refractivity contribution >= 4 is 5.82 Å². The Morgan fingerprint density at radius 3 is 2.60 bits per heavy atom. The topological polar surface area (TPSA) is 73.1 Å². The fourth-order valence-electron chi connectivity index (χ4n) is 1.30. The number of nitrogens with two attached hydrogens (primary N) is 1. The minimum Gasteiger partial charge on any atom is -0.371 e. The van der Waals surface area contributed by atoms with Crippen LogP contribution in [0, 0.1) is 13.8 Å². The van der Waals surface area contributed by atoms with E-state index in [1.54, 1.807) is 0 Å². The lowest BCUT2D eigenvalue weighted by Crippen LogP contribution is -2.15. The maximum absolute atomic E-state index is 5.43. The third kappa shape index (κ3) is 2.64. The predicted octanol–water partition coefficient (Wildman–Crippen LogP) is 1.48. The molecule has 1 aromatic rings. The molecule has 1 heterocycles. The fourth-order valence-corrected chi connectivity index (χ4v) is 1.30. The van der Waals surface area contributed by atoms with E-state index in [9.17, 15) is 0 Å². The number of hydrazine groups is 1. The molecule has 0 aliphatic carbocycles. The highest BCUT2D eigenvalue weighted by atomic mass is 16.5. The third-order valence-corrected chi connectivity index (χ3v) is 2.32. The van der Waals surface area contributed by atoms with Gasteiger partial charge in [-0.15, -0.1) is 0 Å². The molecule has 0 saturated heterocycles. The van der Waals surface area contributed by atoms with Crippen molar-refractivity contribution in [1.82, 2.24) is 9.97 Å². The third-order valence-electron chi connectivity index (χ3n) is 2.32. The van der Waals surface area contributed by atoms with E-state index in [4.69, 9.17) is 10.6 Å². The molecular weight excluding hydrogens is 192 g/mol. The number of nitrogens with zero attached hydrogens (tertiary/aromatic N) is 2. The summed E-state index contributed by atoms with van der Waals surface area (Å²) in [5.74, 6) is 6.70. The molecule has 1 unspecified atom stereocenters. The van der Waals surface area contributed by atoms with Crippen molar-refractivity contribution in [2.75, 3.05) is 12.0 Å². The van der Waals surface area contributed by atoms with Gasteiger partial charge in [-0.05, 0) is 27.7 Å². The van der Waals surface area contributed by atoms with E-state index < -0.39 is 0 Å². The Morgan fingerprint density at radius 1 is 1.40 bits per heavy atom. The molecular formula is C10H18N4O. The molecule has 0 aliphatic heterocycles. The number of aryl methyl sites for hydroxylation is 1. The smallest absolute Gasteiger partial charge is 0.159 e. The number of nitrogen functional groups attached to an aromatic ring is 1. The molecule has 5 nitrogen and oxygen atoms in total. The first kappa shape index (κ1) is 11.9. The second kappa shape index (κ2) is 5.04. The normalized spacial score (nSPS) is 12.6. The van der Waals surface area contributed by atoms with Gasteiger partial charge in [-0.1, -0.05) is 0 Å². The molecule has 3 N–H and O–H groups in total. The minimum atomic E-state index is -0.110. The summed E-state index contributed by atoms with van der Waals surface area (Å²) in [5, 5.41) is 0. The van der Waals surface area contributed by atoms with E-state index >= 15 is 0 Å². The van der Waals surface area contributed by atoms with Gasteiger partial charge in [-0.25, -0.2) is 15.8 Å². The summed E-state index contributed by atoms with van der Waals surface area (Å²) >= 11 is 0. The lowest BCUT2D eigenvalue weighted by molar-refractivity contribution is 0.0700. The number of rotatable bonds is 4. The molecule has 15 heavy (non-hydrogen) atoms. The number of nitrogens with one attached hydrogen (secondary N) is 1. The van der Waals surface area contributed by atoms with Crippen molar-refractivity contribution in [3.63, 3.8) is 0 Å². The Labute approximate surface area is 90.0 Å². The molecule has 1 aromatic heterocycles. The summed E-state index contributed by atoms with van der Waals surface area (Å²) in [6.07, 6.45) is -0.110. The average molecular weight is 210 g/mol. The average Bonchev–Trinajstić information content (AvgIpc) is 2.22. The number of anilines is 1. The van der Waals surface area contributed by atoms with Crippen LogP contribution in [0.25, 0.3) is 0 Å². The molecule has 0 saturated carbocycles. The summed E-state index contributed by atoms with van der Waals surface area (Å²) in [7, 11) is 0. The largest absolute Gasteiger partial charge is 0.371 e. The summed E-state index contributed by atoms with van der Waals surface area (Å²) < 4.78 is 5.43. The molecule has 0 spiro atoms. The Bertz CT molecular complexity index is 340. The molecule has 0 aliphatic rings. The second-order valence-electron chi connectivity index (χ2n) is 3.38. The Kier molecular flexibility index (Phi) is 3.99. The number of aromatic nitrogens is 2. The van der Waals surface area contributed by atoms with Crippen LogP contribution < -0.4 is 11.3 Å². The van der Waals surface area contributed by atoms with E-state index in [-0.39, 0.29) is 6.10 Å². The highest BCUT2D eigenvalue weighted by molar-refractivity contribution is 5.44. The first-order valence-corrected chi connectivity index (χ1v) is 5.03. The quantitative estimate of drug-likeness (QED) is 0.581. The van der Waals surface area contributed by atoms with E-state index in [0.717, 1.165) is 11.3 Å². The number of hydrogen-bond acceptors (Lipinski definition) is 5. The highest BCUT2D eigenvalue weighted by Crippen LogP contribution is 2.18. The zero-order valence-electron chi connectivity index (χ0n) is 9.66. The molecule has 0 amide bonds. The lowest BCUT2D eigenvalue weighted by atomic mass is 10.2. The monoisotopic (exact) mass is 210 g/mol. The Balaban J connectivity index is 3.05. The lowest BCUT2D eigenvalue weighted by Gasteiger charge is -2.14. The van der Waals surface area contributed by atoms with Crippen molar-refractivity contribution < 1.29 is 4.74 Å². The summed E-state index contributed by atoms with van der Waals surface area (Å²) in [4.78, 5) is 8.67. The molecule has 0 radical (unpaired) electrons. The van der Waals surface area contributed by atoms with Gasteiger partial charge in [0.15, 0.2) is 5.82 Å². The van der Waals surface area contributed by atoms with Crippen LogP contribution >= 0.6 is 0 Å². The van der Waals surface area contributed by atoms with Crippen molar-refractivity contribution in [3.8, 4) is 0 Å². The van der Waals surface area contributed by atoms with E-state index in [2.05, 4.69) is 15.4 Å². The Hall–Kier alpha value is -1.20. The first-order valence-electron chi connectivity index (χ1n) is 5.03. The van der Waals surface area contributed by atoms with Crippen LogP contribution in [0.1, 0.15) is 37.0 Å². The second-order valence-corrected chi connectivity index (χ2v) is 3.38. The standard InChI is InChI=1S/C10H18N4O/c1-5-15-8(4)10-12-7(3)6(2)9(13-10)14-11/h8H,5,11H2,1-4H3,(H,12,13,14). The Morgan fingerprint density at radius 2 is 2.07 bits per heavy atom.